The largest absolute Gasteiger partial charge is 0.387 e. The monoisotopic (exact) mass is 236 g/mol. The quantitative estimate of drug-likeness (QED) is 0.811. The summed E-state index contributed by atoms with van der Waals surface area (Å²) in [6, 6.07) is 3.38. The number of nitrogens with zero attached hydrogens (tertiary/aromatic N) is 4. The summed E-state index contributed by atoms with van der Waals surface area (Å²) in [5.41, 5.74) is 1.16. The van der Waals surface area contributed by atoms with Crippen LogP contribution in [0.15, 0.2) is 18.3 Å². The number of carbonyl (C=O) groups excluding carboxylic acids is 1. The van der Waals surface area contributed by atoms with Crippen LogP contribution in [0.2, 0.25) is 0 Å². The Kier molecular flexibility index (Phi) is 3.01. The van der Waals surface area contributed by atoms with E-state index in [0.29, 0.717) is 10.8 Å². The van der Waals surface area contributed by atoms with Gasteiger partial charge in [0.1, 0.15) is 5.69 Å². The Morgan fingerprint density at radius 3 is 2.88 bits per heavy atom. The van der Waals surface area contributed by atoms with E-state index in [9.17, 15) is 4.79 Å². The van der Waals surface area contributed by atoms with Gasteiger partial charge in [-0.1, -0.05) is 9.59 Å². The average Bonchev–Trinajstić information content (AvgIpc) is 2.82. The minimum Gasteiger partial charge on any atom is -0.387 e. The van der Waals surface area contributed by atoms with Crippen LogP contribution in [0.1, 0.15) is 10.5 Å². The molecule has 0 aromatic carbocycles. The predicted octanol–water partition coefficient (Wildman–Crippen LogP) is 0.622. The van der Waals surface area contributed by atoms with Crippen LogP contribution in [0.4, 0.5) is 10.8 Å². The number of nitrogens with one attached hydrogen (secondary N) is 2. The van der Waals surface area contributed by atoms with Gasteiger partial charge in [-0.2, -0.15) is 0 Å². The van der Waals surface area contributed by atoms with Crippen molar-refractivity contribution >= 4 is 28.3 Å². The van der Waals surface area contributed by atoms with E-state index >= 15 is 0 Å². The molecule has 2 rings (SSSR count). The summed E-state index contributed by atoms with van der Waals surface area (Å²) in [7, 11) is 1.78. The van der Waals surface area contributed by atoms with E-state index in [-0.39, 0.29) is 5.91 Å². The highest BCUT2D eigenvalue weighted by Crippen LogP contribution is 2.09. The molecular formula is C8H8N6OS. The molecule has 1 amide bonds. The van der Waals surface area contributed by atoms with Crippen LogP contribution in [0, 0.1) is 0 Å². The van der Waals surface area contributed by atoms with Crippen molar-refractivity contribution in [1.29, 1.82) is 0 Å². The fourth-order valence-corrected chi connectivity index (χ4v) is 1.38. The first-order chi connectivity index (χ1) is 7.79. The van der Waals surface area contributed by atoms with Gasteiger partial charge in [0.15, 0.2) is 0 Å². The summed E-state index contributed by atoms with van der Waals surface area (Å²) >= 11 is 1.01. The van der Waals surface area contributed by atoms with Crippen LogP contribution in [0.3, 0.4) is 0 Å². The summed E-state index contributed by atoms with van der Waals surface area (Å²) in [4.78, 5) is 15.6. The number of rotatable bonds is 3. The standard InChI is InChI=1S/C8H8N6OS/c1-9-5-2-3-6(10-4-5)7(15)11-8-12-13-14-16-8/h2-4,9H,1H3,(H,11,12,14,15). The topological polar surface area (TPSA) is 92.7 Å². The van der Waals surface area contributed by atoms with Gasteiger partial charge in [-0.25, -0.2) is 4.98 Å². The molecule has 0 aliphatic heterocycles. The second-order valence-corrected chi connectivity index (χ2v) is 3.54. The van der Waals surface area contributed by atoms with E-state index < -0.39 is 0 Å². The lowest BCUT2D eigenvalue weighted by molar-refractivity contribution is 0.102. The molecule has 2 aromatic rings. The summed E-state index contributed by atoms with van der Waals surface area (Å²) < 4.78 is 3.53. The number of aromatic nitrogens is 4. The molecule has 2 heterocycles. The second kappa shape index (κ2) is 4.62. The Bertz CT molecular complexity index is 468. The van der Waals surface area contributed by atoms with E-state index in [0.717, 1.165) is 17.2 Å². The van der Waals surface area contributed by atoms with Crippen LogP contribution in [0.25, 0.3) is 0 Å². The smallest absolute Gasteiger partial charge is 0.276 e. The molecule has 0 aliphatic rings. The van der Waals surface area contributed by atoms with Crippen LogP contribution in [-0.2, 0) is 0 Å². The van der Waals surface area contributed by atoms with Crippen molar-refractivity contribution in [3.8, 4) is 0 Å². The van der Waals surface area contributed by atoms with Crippen LogP contribution < -0.4 is 10.6 Å². The number of pyridine rings is 1. The third-order valence-electron chi connectivity index (χ3n) is 1.80. The number of hydrogen-bond acceptors (Lipinski definition) is 7. The first-order valence-electron chi connectivity index (χ1n) is 4.40. The molecule has 0 aliphatic carbocycles. The lowest BCUT2D eigenvalue weighted by atomic mass is 10.3. The van der Waals surface area contributed by atoms with E-state index in [1.165, 1.54) is 0 Å². The van der Waals surface area contributed by atoms with Crippen LogP contribution in [-0.4, -0.2) is 32.7 Å². The molecule has 7 nitrogen and oxygen atoms in total. The van der Waals surface area contributed by atoms with Gasteiger partial charge in [-0.05, 0) is 17.3 Å². The molecule has 0 unspecified atom stereocenters. The lowest BCUT2D eigenvalue weighted by Gasteiger charge is -2.01. The van der Waals surface area contributed by atoms with Crippen LogP contribution in [0.5, 0.6) is 0 Å². The third-order valence-corrected chi connectivity index (χ3v) is 2.32. The maximum absolute atomic E-state index is 11.6. The third kappa shape index (κ3) is 2.28. The van der Waals surface area contributed by atoms with Gasteiger partial charge >= 0.3 is 0 Å². The molecule has 82 valence electrons. The van der Waals surface area contributed by atoms with Gasteiger partial charge in [0.05, 0.1) is 11.9 Å². The van der Waals surface area contributed by atoms with E-state index in [4.69, 9.17) is 0 Å². The Morgan fingerprint density at radius 1 is 1.44 bits per heavy atom. The highest BCUT2D eigenvalue weighted by atomic mass is 32.1. The fraction of sp³-hybridized carbons (Fsp3) is 0.125. The molecule has 0 bridgehead atoms. The Labute approximate surface area is 95.1 Å². The molecule has 0 fully saturated rings. The average molecular weight is 236 g/mol. The molecule has 0 saturated carbocycles. The SMILES string of the molecule is CNc1ccc(C(=O)Nc2nnns2)nc1. The lowest BCUT2D eigenvalue weighted by Crippen LogP contribution is -2.13. The maximum Gasteiger partial charge on any atom is 0.276 e. The fourth-order valence-electron chi connectivity index (χ4n) is 1.02. The van der Waals surface area contributed by atoms with E-state index in [1.807, 2.05) is 0 Å². The summed E-state index contributed by atoms with van der Waals surface area (Å²) in [6.07, 6.45) is 1.58. The molecule has 0 saturated heterocycles. The van der Waals surface area contributed by atoms with Gasteiger partial charge in [-0.15, -0.1) is 0 Å². The van der Waals surface area contributed by atoms with Gasteiger partial charge < -0.3 is 5.32 Å². The van der Waals surface area contributed by atoms with Crippen molar-refractivity contribution < 1.29 is 4.79 Å². The van der Waals surface area contributed by atoms with Gasteiger partial charge in [0, 0.05) is 18.6 Å². The van der Waals surface area contributed by atoms with Crippen LogP contribution >= 0.6 is 11.5 Å². The zero-order chi connectivity index (χ0) is 11.4. The Balaban J connectivity index is 2.09. The highest BCUT2D eigenvalue weighted by molar-refractivity contribution is 7.09. The van der Waals surface area contributed by atoms with Crippen molar-refractivity contribution in [2.45, 2.75) is 0 Å². The molecule has 0 spiro atoms. The Morgan fingerprint density at radius 2 is 2.31 bits per heavy atom. The van der Waals surface area contributed by atoms with Crippen molar-refractivity contribution in [3.05, 3.63) is 24.0 Å². The van der Waals surface area contributed by atoms with Gasteiger partial charge in [-0.3, -0.25) is 10.1 Å². The minimum atomic E-state index is -0.332. The molecule has 2 aromatic heterocycles. The molecule has 0 atom stereocenters. The zero-order valence-electron chi connectivity index (χ0n) is 8.34. The van der Waals surface area contributed by atoms with Crippen molar-refractivity contribution in [3.63, 3.8) is 0 Å². The number of amides is 1. The highest BCUT2D eigenvalue weighted by Gasteiger charge is 2.09. The van der Waals surface area contributed by atoms with E-state index in [1.54, 1.807) is 25.4 Å². The maximum atomic E-state index is 11.6. The second-order valence-electron chi connectivity index (χ2n) is 2.80. The first-order valence-corrected chi connectivity index (χ1v) is 5.17. The molecule has 8 heteroatoms. The number of hydrogen-bond donors (Lipinski definition) is 2. The minimum absolute atomic E-state index is 0.314. The van der Waals surface area contributed by atoms with Crippen molar-refractivity contribution in [1.82, 2.24) is 19.8 Å². The molecule has 2 N–H and O–H groups in total. The van der Waals surface area contributed by atoms with E-state index in [2.05, 4.69) is 30.4 Å². The summed E-state index contributed by atoms with van der Waals surface area (Å²) in [6.45, 7) is 0. The number of carbonyl (C=O) groups is 1. The Hall–Kier alpha value is -2.09. The summed E-state index contributed by atoms with van der Waals surface area (Å²) in [5.74, 6) is -0.332. The molecule has 16 heavy (non-hydrogen) atoms. The zero-order valence-corrected chi connectivity index (χ0v) is 9.15. The van der Waals surface area contributed by atoms with Gasteiger partial charge in [0.25, 0.3) is 5.91 Å². The molecule has 0 radical (unpaired) electrons. The summed E-state index contributed by atoms with van der Waals surface area (Å²) in [5, 5.41) is 12.8. The van der Waals surface area contributed by atoms with Gasteiger partial charge in [0.2, 0.25) is 5.13 Å². The predicted molar refractivity (Wildman–Crippen MR) is 59.4 cm³/mol. The number of anilines is 2. The normalized spacial score (nSPS) is 9.81. The van der Waals surface area contributed by atoms with Crippen molar-refractivity contribution in [2.75, 3.05) is 17.7 Å². The van der Waals surface area contributed by atoms with Crippen molar-refractivity contribution in [2.24, 2.45) is 0 Å². The molecular weight excluding hydrogens is 228 g/mol. The first kappa shape index (κ1) is 10.4.